The summed E-state index contributed by atoms with van der Waals surface area (Å²) in [6.45, 7) is 5.29. The number of nitrogens with zero attached hydrogens (tertiary/aromatic N) is 1. The van der Waals surface area contributed by atoms with E-state index in [-0.39, 0.29) is 6.04 Å². The maximum absolute atomic E-state index is 11.2. The summed E-state index contributed by atoms with van der Waals surface area (Å²) in [5, 5.41) is 12.2. The molecule has 1 aromatic carbocycles. The molecule has 0 saturated heterocycles. The van der Waals surface area contributed by atoms with Crippen LogP contribution >= 0.6 is 0 Å². The monoisotopic (exact) mass is 264 g/mol. The first-order chi connectivity index (χ1) is 8.99. The van der Waals surface area contributed by atoms with Crippen LogP contribution in [0.4, 0.5) is 0 Å². The average molecular weight is 264 g/mol. The topological polar surface area (TPSA) is 52.6 Å². The van der Waals surface area contributed by atoms with E-state index in [0.717, 1.165) is 13.0 Å². The Morgan fingerprint density at radius 1 is 1.32 bits per heavy atom. The Labute approximate surface area is 115 Å². The van der Waals surface area contributed by atoms with Crippen molar-refractivity contribution >= 4 is 5.97 Å². The minimum Gasteiger partial charge on any atom is -0.480 e. The second kappa shape index (κ2) is 7.92. The van der Waals surface area contributed by atoms with Gasteiger partial charge in [-0.05, 0) is 19.0 Å². The molecule has 0 aliphatic rings. The molecular formula is C15H24N2O2. The molecule has 0 radical (unpaired) electrons. The van der Waals surface area contributed by atoms with Gasteiger partial charge in [0.05, 0.1) is 0 Å². The molecule has 106 valence electrons. The molecule has 2 N–H and O–H groups in total. The van der Waals surface area contributed by atoms with Gasteiger partial charge in [-0.3, -0.25) is 4.79 Å². The van der Waals surface area contributed by atoms with Crippen LogP contribution in [0.1, 0.15) is 19.4 Å². The third kappa shape index (κ3) is 6.36. The van der Waals surface area contributed by atoms with Crippen molar-refractivity contribution in [3.05, 3.63) is 35.9 Å². The number of hydrogen-bond acceptors (Lipinski definition) is 3. The lowest BCUT2D eigenvalue weighted by Gasteiger charge is -2.23. The highest BCUT2D eigenvalue weighted by molar-refractivity contribution is 5.73. The van der Waals surface area contributed by atoms with Crippen molar-refractivity contribution in [2.24, 2.45) is 0 Å². The molecule has 1 aromatic rings. The predicted molar refractivity (Wildman–Crippen MR) is 77.3 cm³/mol. The Bertz CT molecular complexity index is 379. The summed E-state index contributed by atoms with van der Waals surface area (Å²) in [6, 6.07) is 9.89. The van der Waals surface area contributed by atoms with Crippen molar-refractivity contribution < 1.29 is 9.90 Å². The van der Waals surface area contributed by atoms with Crippen LogP contribution in [-0.4, -0.2) is 48.2 Å². The van der Waals surface area contributed by atoms with Gasteiger partial charge < -0.3 is 15.3 Å². The van der Waals surface area contributed by atoms with Gasteiger partial charge in [0.2, 0.25) is 0 Å². The molecule has 0 heterocycles. The van der Waals surface area contributed by atoms with Crippen LogP contribution in [0.2, 0.25) is 0 Å². The first-order valence-corrected chi connectivity index (χ1v) is 6.70. The molecular weight excluding hydrogens is 240 g/mol. The van der Waals surface area contributed by atoms with Crippen LogP contribution in [0.25, 0.3) is 0 Å². The highest BCUT2D eigenvalue weighted by Gasteiger charge is 2.19. The van der Waals surface area contributed by atoms with E-state index in [4.69, 9.17) is 5.11 Å². The fraction of sp³-hybridized carbons (Fsp3) is 0.533. The molecule has 1 unspecified atom stereocenters. The van der Waals surface area contributed by atoms with Crippen LogP contribution in [0.5, 0.6) is 0 Å². The zero-order valence-corrected chi connectivity index (χ0v) is 12.0. The fourth-order valence-corrected chi connectivity index (χ4v) is 1.97. The second-order valence-corrected chi connectivity index (χ2v) is 5.21. The van der Waals surface area contributed by atoms with Crippen molar-refractivity contribution in [1.29, 1.82) is 0 Å². The lowest BCUT2D eigenvalue weighted by atomic mass is 10.1. The largest absolute Gasteiger partial charge is 0.480 e. The van der Waals surface area contributed by atoms with E-state index in [9.17, 15) is 4.79 Å². The molecule has 1 atom stereocenters. The summed E-state index contributed by atoms with van der Waals surface area (Å²) in [5.41, 5.74) is 1.28. The maximum Gasteiger partial charge on any atom is 0.322 e. The summed E-state index contributed by atoms with van der Waals surface area (Å²) in [5.74, 6) is -0.791. The van der Waals surface area contributed by atoms with E-state index in [1.807, 2.05) is 39.1 Å². The van der Waals surface area contributed by atoms with Crippen molar-refractivity contribution in [3.63, 3.8) is 0 Å². The molecule has 1 rings (SSSR count). The maximum atomic E-state index is 11.2. The first-order valence-electron chi connectivity index (χ1n) is 6.70. The van der Waals surface area contributed by atoms with E-state index >= 15 is 0 Å². The summed E-state index contributed by atoms with van der Waals surface area (Å²) < 4.78 is 0. The van der Waals surface area contributed by atoms with Gasteiger partial charge in [-0.25, -0.2) is 0 Å². The molecule has 0 aliphatic heterocycles. The van der Waals surface area contributed by atoms with Crippen LogP contribution in [0.3, 0.4) is 0 Å². The predicted octanol–water partition coefficient (Wildman–Crippen LogP) is 1.61. The number of carboxylic acid groups (broad SMARTS) is 1. The summed E-state index contributed by atoms with van der Waals surface area (Å²) in [4.78, 5) is 13.2. The number of aliphatic carboxylic acids is 1. The standard InChI is InChI=1S/C15H24N2O2/c1-12(2)16-14(15(18)19)11-17(3)10-9-13-7-5-4-6-8-13/h4-8,12,14,16H,9-11H2,1-3H3,(H,18,19). The molecule has 0 amide bonds. The van der Waals surface area contributed by atoms with E-state index in [0.29, 0.717) is 6.54 Å². The highest BCUT2D eigenvalue weighted by Crippen LogP contribution is 2.01. The van der Waals surface area contributed by atoms with E-state index in [2.05, 4.69) is 22.3 Å². The van der Waals surface area contributed by atoms with Gasteiger partial charge in [0.15, 0.2) is 0 Å². The van der Waals surface area contributed by atoms with Gasteiger partial charge in [0, 0.05) is 19.1 Å². The summed E-state index contributed by atoms with van der Waals surface area (Å²) >= 11 is 0. The van der Waals surface area contributed by atoms with E-state index in [1.54, 1.807) is 0 Å². The van der Waals surface area contributed by atoms with E-state index in [1.165, 1.54) is 5.56 Å². The first kappa shape index (κ1) is 15.7. The number of nitrogens with one attached hydrogen (secondary N) is 1. The van der Waals surface area contributed by atoms with Gasteiger partial charge >= 0.3 is 5.97 Å². The number of carboxylic acids is 1. The Hall–Kier alpha value is -1.39. The minimum atomic E-state index is -0.791. The number of rotatable bonds is 8. The van der Waals surface area contributed by atoms with Crippen molar-refractivity contribution in [1.82, 2.24) is 10.2 Å². The zero-order valence-electron chi connectivity index (χ0n) is 12.0. The second-order valence-electron chi connectivity index (χ2n) is 5.21. The molecule has 0 fully saturated rings. The van der Waals surface area contributed by atoms with Crippen molar-refractivity contribution in [2.75, 3.05) is 20.1 Å². The lowest BCUT2D eigenvalue weighted by molar-refractivity contribution is -0.140. The van der Waals surface area contributed by atoms with Gasteiger partial charge in [0.25, 0.3) is 0 Å². The van der Waals surface area contributed by atoms with Crippen LogP contribution < -0.4 is 5.32 Å². The number of likely N-dealkylation sites (N-methyl/N-ethyl adjacent to an activating group) is 1. The number of hydrogen-bond donors (Lipinski definition) is 2. The Morgan fingerprint density at radius 2 is 1.95 bits per heavy atom. The molecule has 0 aromatic heterocycles. The Balaban J connectivity index is 2.40. The van der Waals surface area contributed by atoms with Gasteiger partial charge in [0.1, 0.15) is 6.04 Å². The number of carbonyl (C=O) groups is 1. The quantitative estimate of drug-likeness (QED) is 0.749. The van der Waals surface area contributed by atoms with Crippen LogP contribution in [0.15, 0.2) is 30.3 Å². The van der Waals surface area contributed by atoms with Gasteiger partial charge in [-0.15, -0.1) is 0 Å². The van der Waals surface area contributed by atoms with Crippen molar-refractivity contribution in [2.45, 2.75) is 32.4 Å². The molecule has 4 heteroatoms. The average Bonchev–Trinajstić information content (AvgIpc) is 2.36. The normalized spacial score (nSPS) is 12.9. The zero-order chi connectivity index (χ0) is 14.3. The summed E-state index contributed by atoms with van der Waals surface area (Å²) in [6.07, 6.45) is 0.936. The minimum absolute atomic E-state index is 0.170. The third-order valence-corrected chi connectivity index (χ3v) is 2.95. The van der Waals surface area contributed by atoms with Crippen molar-refractivity contribution in [3.8, 4) is 0 Å². The van der Waals surface area contributed by atoms with Crippen LogP contribution in [-0.2, 0) is 11.2 Å². The SMILES string of the molecule is CC(C)NC(CN(C)CCc1ccccc1)C(=O)O. The number of benzene rings is 1. The Morgan fingerprint density at radius 3 is 2.47 bits per heavy atom. The molecule has 19 heavy (non-hydrogen) atoms. The van der Waals surface area contributed by atoms with Gasteiger partial charge in [-0.1, -0.05) is 44.2 Å². The summed E-state index contributed by atoms with van der Waals surface area (Å²) in [7, 11) is 1.96. The lowest BCUT2D eigenvalue weighted by Crippen LogP contribution is -2.48. The van der Waals surface area contributed by atoms with E-state index < -0.39 is 12.0 Å². The molecule has 4 nitrogen and oxygen atoms in total. The van der Waals surface area contributed by atoms with Gasteiger partial charge in [-0.2, -0.15) is 0 Å². The smallest absolute Gasteiger partial charge is 0.322 e. The molecule has 0 spiro atoms. The molecule has 0 aliphatic carbocycles. The van der Waals surface area contributed by atoms with Crippen LogP contribution in [0, 0.1) is 0 Å². The highest BCUT2D eigenvalue weighted by atomic mass is 16.4. The third-order valence-electron chi connectivity index (χ3n) is 2.95. The molecule has 0 saturated carbocycles. The Kier molecular flexibility index (Phi) is 6.53. The fourth-order valence-electron chi connectivity index (χ4n) is 1.97. The molecule has 0 bridgehead atoms.